The fourth-order valence-corrected chi connectivity index (χ4v) is 1.40. The van der Waals surface area contributed by atoms with Gasteiger partial charge in [0.1, 0.15) is 12.1 Å². The van der Waals surface area contributed by atoms with Crippen LogP contribution in [0, 0.1) is 0 Å². The second-order valence-corrected chi connectivity index (χ2v) is 4.14. The molecule has 96 valence electrons. The molecule has 2 unspecified atom stereocenters. The first-order valence-electron chi connectivity index (χ1n) is 5.23. The SMILES string of the molecule is COc1ccccc1OCC(N)N(C)C(N)S. The van der Waals surface area contributed by atoms with Crippen molar-refractivity contribution in [3.8, 4) is 11.5 Å². The van der Waals surface area contributed by atoms with Gasteiger partial charge in [-0.15, -0.1) is 12.6 Å². The molecule has 6 heteroatoms. The van der Waals surface area contributed by atoms with Crippen LogP contribution < -0.4 is 20.9 Å². The average molecular weight is 257 g/mol. The van der Waals surface area contributed by atoms with E-state index in [0.717, 1.165) is 0 Å². The third-order valence-corrected chi connectivity index (χ3v) is 2.78. The topological polar surface area (TPSA) is 73.7 Å². The van der Waals surface area contributed by atoms with Crippen LogP contribution in [-0.4, -0.2) is 37.3 Å². The van der Waals surface area contributed by atoms with E-state index in [1.54, 1.807) is 19.1 Å². The van der Waals surface area contributed by atoms with Crippen LogP contribution in [0.1, 0.15) is 0 Å². The molecular formula is C11H19N3O2S. The van der Waals surface area contributed by atoms with Crippen molar-refractivity contribution < 1.29 is 9.47 Å². The van der Waals surface area contributed by atoms with Crippen LogP contribution in [0.15, 0.2) is 24.3 Å². The summed E-state index contributed by atoms with van der Waals surface area (Å²) >= 11 is 4.09. The summed E-state index contributed by atoms with van der Waals surface area (Å²) in [5.41, 5.74) is 11.1. The van der Waals surface area contributed by atoms with E-state index in [1.807, 2.05) is 24.3 Å². The van der Waals surface area contributed by atoms with Gasteiger partial charge in [-0.1, -0.05) is 12.1 Å². The minimum Gasteiger partial charge on any atom is -0.493 e. The van der Waals surface area contributed by atoms with Crippen LogP contribution in [-0.2, 0) is 0 Å². The van der Waals surface area contributed by atoms with E-state index in [-0.39, 0.29) is 6.17 Å². The van der Waals surface area contributed by atoms with E-state index in [2.05, 4.69) is 12.6 Å². The Balaban J connectivity index is 2.55. The lowest BCUT2D eigenvalue weighted by Crippen LogP contribution is -2.50. The third kappa shape index (κ3) is 4.08. The predicted octanol–water partition coefficient (Wildman–Crippen LogP) is 0.463. The lowest BCUT2D eigenvalue weighted by Gasteiger charge is -2.27. The summed E-state index contributed by atoms with van der Waals surface area (Å²) in [5, 5.41) is 0. The quantitative estimate of drug-likeness (QED) is 0.510. The van der Waals surface area contributed by atoms with Gasteiger partial charge in [0.25, 0.3) is 0 Å². The van der Waals surface area contributed by atoms with Crippen LogP contribution in [0.2, 0.25) is 0 Å². The molecule has 4 N–H and O–H groups in total. The molecule has 0 saturated carbocycles. The fraction of sp³-hybridized carbons (Fsp3) is 0.455. The molecule has 0 heterocycles. The van der Waals surface area contributed by atoms with Crippen molar-refractivity contribution in [3.05, 3.63) is 24.3 Å². The molecule has 0 amide bonds. The number of para-hydroxylation sites is 2. The molecule has 0 aromatic heterocycles. The van der Waals surface area contributed by atoms with Gasteiger partial charge in [0, 0.05) is 0 Å². The number of benzene rings is 1. The zero-order valence-corrected chi connectivity index (χ0v) is 10.9. The highest BCUT2D eigenvalue weighted by atomic mass is 32.1. The van der Waals surface area contributed by atoms with Crippen molar-refractivity contribution in [1.29, 1.82) is 0 Å². The van der Waals surface area contributed by atoms with Gasteiger partial charge in [-0.05, 0) is 19.2 Å². The summed E-state index contributed by atoms with van der Waals surface area (Å²) in [6.07, 6.45) is -0.326. The Morgan fingerprint density at radius 3 is 2.41 bits per heavy atom. The number of likely N-dealkylation sites (N-methyl/N-ethyl adjacent to an activating group) is 1. The third-order valence-electron chi connectivity index (χ3n) is 2.42. The second kappa shape index (κ2) is 6.70. The lowest BCUT2D eigenvalue weighted by molar-refractivity contribution is 0.155. The molecule has 0 aliphatic heterocycles. The van der Waals surface area contributed by atoms with Crippen molar-refractivity contribution >= 4 is 12.6 Å². The van der Waals surface area contributed by atoms with Gasteiger partial charge in [0.15, 0.2) is 11.5 Å². The highest BCUT2D eigenvalue weighted by molar-refractivity contribution is 7.80. The van der Waals surface area contributed by atoms with E-state index in [1.165, 1.54) is 0 Å². The van der Waals surface area contributed by atoms with Gasteiger partial charge in [-0.25, -0.2) is 0 Å². The Morgan fingerprint density at radius 2 is 1.88 bits per heavy atom. The Morgan fingerprint density at radius 1 is 1.29 bits per heavy atom. The predicted molar refractivity (Wildman–Crippen MR) is 71.2 cm³/mol. The van der Waals surface area contributed by atoms with Crippen LogP contribution in [0.5, 0.6) is 11.5 Å². The molecule has 5 nitrogen and oxygen atoms in total. The molecule has 1 aromatic carbocycles. The van der Waals surface area contributed by atoms with E-state index >= 15 is 0 Å². The summed E-state index contributed by atoms with van der Waals surface area (Å²) < 4.78 is 10.7. The smallest absolute Gasteiger partial charge is 0.161 e. The van der Waals surface area contributed by atoms with Gasteiger partial charge in [0.2, 0.25) is 0 Å². The lowest BCUT2D eigenvalue weighted by atomic mass is 10.3. The van der Waals surface area contributed by atoms with E-state index in [4.69, 9.17) is 20.9 Å². The van der Waals surface area contributed by atoms with Crippen LogP contribution in [0.25, 0.3) is 0 Å². The molecule has 2 atom stereocenters. The molecule has 1 aromatic rings. The number of methoxy groups -OCH3 is 1. The molecule has 0 fully saturated rings. The zero-order chi connectivity index (χ0) is 12.8. The van der Waals surface area contributed by atoms with Crippen molar-refractivity contribution in [2.24, 2.45) is 11.5 Å². The summed E-state index contributed by atoms with van der Waals surface area (Å²) in [6.45, 7) is 0.311. The first-order valence-corrected chi connectivity index (χ1v) is 5.75. The summed E-state index contributed by atoms with van der Waals surface area (Å²) in [7, 11) is 3.38. The van der Waals surface area contributed by atoms with Crippen molar-refractivity contribution in [3.63, 3.8) is 0 Å². The Bertz CT molecular complexity index is 349. The van der Waals surface area contributed by atoms with Crippen LogP contribution in [0.4, 0.5) is 0 Å². The molecule has 0 aliphatic rings. The summed E-state index contributed by atoms with van der Waals surface area (Å²) in [5.74, 6) is 1.34. The summed E-state index contributed by atoms with van der Waals surface area (Å²) in [4.78, 5) is 1.71. The van der Waals surface area contributed by atoms with Gasteiger partial charge < -0.3 is 20.9 Å². The average Bonchev–Trinajstić information content (AvgIpc) is 2.35. The van der Waals surface area contributed by atoms with E-state index in [0.29, 0.717) is 18.1 Å². The van der Waals surface area contributed by atoms with Crippen molar-refractivity contribution in [2.75, 3.05) is 20.8 Å². The highest BCUT2D eigenvalue weighted by Crippen LogP contribution is 2.25. The summed E-state index contributed by atoms with van der Waals surface area (Å²) in [6, 6.07) is 7.40. The monoisotopic (exact) mass is 257 g/mol. The van der Waals surface area contributed by atoms with Gasteiger partial charge >= 0.3 is 0 Å². The second-order valence-electron chi connectivity index (χ2n) is 3.61. The molecule has 1 rings (SSSR count). The number of nitrogens with zero attached hydrogens (tertiary/aromatic N) is 1. The zero-order valence-electron chi connectivity index (χ0n) is 10.0. The maximum atomic E-state index is 5.89. The van der Waals surface area contributed by atoms with Gasteiger partial charge in [-0.2, -0.15) is 0 Å². The largest absolute Gasteiger partial charge is 0.493 e. The number of rotatable bonds is 6. The standard InChI is InChI=1S/C11H19N3O2S/c1-14(11(13)17)10(12)7-16-9-6-4-3-5-8(9)15-2/h3-6,10-11,17H,7,12-13H2,1-2H3. The van der Waals surface area contributed by atoms with Crippen LogP contribution >= 0.6 is 12.6 Å². The Hall–Kier alpha value is -0.950. The van der Waals surface area contributed by atoms with Gasteiger partial charge in [-0.3, -0.25) is 4.90 Å². The maximum absolute atomic E-state index is 5.89. The molecule has 0 spiro atoms. The van der Waals surface area contributed by atoms with Crippen LogP contribution in [0.3, 0.4) is 0 Å². The Kier molecular flexibility index (Phi) is 5.57. The molecule has 0 aliphatic carbocycles. The van der Waals surface area contributed by atoms with Gasteiger partial charge in [0.05, 0.1) is 13.3 Å². The number of hydrogen-bond donors (Lipinski definition) is 3. The van der Waals surface area contributed by atoms with Crippen molar-refractivity contribution in [2.45, 2.75) is 11.7 Å². The van der Waals surface area contributed by atoms with E-state index in [9.17, 15) is 0 Å². The van der Waals surface area contributed by atoms with Crippen molar-refractivity contribution in [1.82, 2.24) is 4.90 Å². The molecule has 0 bridgehead atoms. The first-order chi connectivity index (χ1) is 8.06. The number of hydrogen-bond acceptors (Lipinski definition) is 6. The number of ether oxygens (including phenoxy) is 2. The molecular weight excluding hydrogens is 238 g/mol. The normalized spacial score (nSPS) is 14.5. The molecule has 0 saturated heterocycles. The molecule has 0 radical (unpaired) electrons. The minimum absolute atomic E-state index is 0.311. The highest BCUT2D eigenvalue weighted by Gasteiger charge is 2.14. The molecule has 17 heavy (non-hydrogen) atoms. The minimum atomic E-state index is -0.411. The first kappa shape index (κ1) is 14.1. The fourth-order valence-electron chi connectivity index (χ4n) is 1.23. The number of thiol groups is 1. The Labute approximate surface area is 107 Å². The number of nitrogens with two attached hydrogens (primary N) is 2. The maximum Gasteiger partial charge on any atom is 0.161 e. The van der Waals surface area contributed by atoms with E-state index < -0.39 is 5.50 Å².